The fourth-order valence-corrected chi connectivity index (χ4v) is 1.97. The predicted octanol–water partition coefficient (Wildman–Crippen LogP) is 1.04. The van der Waals surface area contributed by atoms with Crippen molar-refractivity contribution in [3.8, 4) is 0 Å². The summed E-state index contributed by atoms with van der Waals surface area (Å²) in [6.07, 6.45) is 2.11. The molecule has 19 heavy (non-hydrogen) atoms. The van der Waals surface area contributed by atoms with Gasteiger partial charge in [0.15, 0.2) is 0 Å². The number of nitrogens with one attached hydrogen (secondary N) is 1. The van der Waals surface area contributed by atoms with Crippen molar-refractivity contribution in [3.63, 3.8) is 0 Å². The van der Waals surface area contributed by atoms with E-state index >= 15 is 0 Å². The van der Waals surface area contributed by atoms with E-state index < -0.39 is 0 Å². The maximum Gasteiger partial charge on any atom is 0.251 e. The molecule has 1 aromatic rings. The Labute approximate surface area is 118 Å². The molecule has 1 aromatic carbocycles. The number of benzene rings is 1. The lowest BCUT2D eigenvalue weighted by molar-refractivity contribution is -0.129. The van der Waals surface area contributed by atoms with Crippen LogP contribution in [-0.2, 0) is 4.79 Å². The van der Waals surface area contributed by atoms with Gasteiger partial charge in [-0.3, -0.25) is 9.59 Å². The van der Waals surface area contributed by atoms with Gasteiger partial charge in [0.25, 0.3) is 5.91 Å². The zero-order valence-electron chi connectivity index (χ0n) is 10.6. The van der Waals surface area contributed by atoms with E-state index in [2.05, 4.69) is 5.32 Å². The first-order valence-corrected chi connectivity index (χ1v) is 6.08. The molecule has 1 fully saturated rings. The molecule has 1 saturated heterocycles. The molecule has 1 aliphatic heterocycles. The van der Waals surface area contributed by atoms with Crippen molar-refractivity contribution < 1.29 is 9.59 Å². The van der Waals surface area contributed by atoms with E-state index in [1.807, 2.05) is 0 Å². The van der Waals surface area contributed by atoms with Gasteiger partial charge in [0.1, 0.15) is 0 Å². The van der Waals surface area contributed by atoms with Crippen LogP contribution in [0.1, 0.15) is 23.2 Å². The third-order valence-electron chi connectivity index (χ3n) is 3.03. The summed E-state index contributed by atoms with van der Waals surface area (Å²) in [5.41, 5.74) is 6.66. The van der Waals surface area contributed by atoms with Crippen molar-refractivity contribution in [3.05, 3.63) is 29.8 Å². The SMILES string of the molecule is Cl.Nc1ccc(C(=O)NCC(=O)N2CCCC2)cc1. The van der Waals surface area contributed by atoms with E-state index in [1.165, 1.54) is 0 Å². The number of nitrogens with zero attached hydrogens (tertiary/aromatic N) is 1. The second kappa shape index (κ2) is 6.99. The standard InChI is InChI=1S/C13H17N3O2.ClH/c14-11-5-3-10(4-6-11)13(18)15-9-12(17)16-7-1-2-8-16;/h3-6H,1-2,7-9,14H2,(H,15,18);1H. The topological polar surface area (TPSA) is 75.4 Å². The average Bonchev–Trinajstić information content (AvgIpc) is 2.90. The van der Waals surface area contributed by atoms with E-state index in [0.29, 0.717) is 11.3 Å². The van der Waals surface area contributed by atoms with Crippen molar-refractivity contribution in [1.82, 2.24) is 10.2 Å². The van der Waals surface area contributed by atoms with Crippen molar-refractivity contribution in [2.45, 2.75) is 12.8 Å². The van der Waals surface area contributed by atoms with Gasteiger partial charge in [0.2, 0.25) is 5.91 Å². The second-order valence-electron chi connectivity index (χ2n) is 4.39. The van der Waals surface area contributed by atoms with Crippen LogP contribution in [0.15, 0.2) is 24.3 Å². The lowest BCUT2D eigenvalue weighted by atomic mass is 10.2. The van der Waals surface area contributed by atoms with Crippen LogP contribution in [-0.4, -0.2) is 36.3 Å². The minimum Gasteiger partial charge on any atom is -0.399 e. The fourth-order valence-electron chi connectivity index (χ4n) is 1.97. The van der Waals surface area contributed by atoms with E-state index in [-0.39, 0.29) is 30.8 Å². The van der Waals surface area contributed by atoms with Crippen molar-refractivity contribution >= 4 is 29.9 Å². The molecule has 1 heterocycles. The van der Waals surface area contributed by atoms with Crippen molar-refractivity contribution in [1.29, 1.82) is 0 Å². The van der Waals surface area contributed by atoms with E-state index in [1.54, 1.807) is 29.2 Å². The first-order chi connectivity index (χ1) is 8.66. The largest absolute Gasteiger partial charge is 0.399 e. The fraction of sp³-hybridized carbons (Fsp3) is 0.385. The molecule has 0 saturated carbocycles. The molecule has 2 amide bonds. The lowest BCUT2D eigenvalue weighted by Crippen LogP contribution is -2.38. The van der Waals surface area contributed by atoms with Gasteiger partial charge in [0.05, 0.1) is 6.54 Å². The normalized spacial score (nSPS) is 13.8. The first kappa shape index (κ1) is 15.3. The highest BCUT2D eigenvalue weighted by Crippen LogP contribution is 2.07. The quantitative estimate of drug-likeness (QED) is 0.814. The molecule has 5 nitrogen and oxygen atoms in total. The molecular weight excluding hydrogens is 266 g/mol. The number of nitrogens with two attached hydrogens (primary N) is 1. The number of carbonyl (C=O) groups excluding carboxylic acids is 2. The molecule has 0 spiro atoms. The summed E-state index contributed by atoms with van der Waals surface area (Å²) in [6.45, 7) is 1.66. The van der Waals surface area contributed by atoms with Gasteiger partial charge in [0, 0.05) is 24.3 Å². The number of hydrogen-bond donors (Lipinski definition) is 2. The Morgan fingerprint density at radius 1 is 1.16 bits per heavy atom. The van der Waals surface area contributed by atoms with Gasteiger partial charge in [-0.2, -0.15) is 0 Å². The average molecular weight is 284 g/mol. The summed E-state index contributed by atoms with van der Waals surface area (Å²) in [5.74, 6) is -0.265. The van der Waals surface area contributed by atoms with Crippen LogP contribution < -0.4 is 11.1 Å². The van der Waals surface area contributed by atoms with Gasteiger partial charge in [-0.15, -0.1) is 12.4 Å². The Balaban J connectivity index is 0.00000180. The Kier molecular flexibility index (Phi) is 5.63. The molecule has 1 aliphatic rings. The smallest absolute Gasteiger partial charge is 0.251 e. The summed E-state index contributed by atoms with van der Waals surface area (Å²) in [5, 5.41) is 2.62. The zero-order chi connectivity index (χ0) is 13.0. The monoisotopic (exact) mass is 283 g/mol. The maximum absolute atomic E-state index is 11.8. The Morgan fingerprint density at radius 3 is 2.32 bits per heavy atom. The number of carbonyl (C=O) groups is 2. The van der Waals surface area contributed by atoms with E-state index in [4.69, 9.17) is 5.73 Å². The summed E-state index contributed by atoms with van der Waals surface area (Å²) < 4.78 is 0. The molecule has 0 atom stereocenters. The molecule has 0 radical (unpaired) electrons. The molecule has 2 rings (SSSR count). The number of amides is 2. The van der Waals surface area contributed by atoms with Crippen molar-refractivity contribution in [2.24, 2.45) is 0 Å². The van der Waals surface area contributed by atoms with E-state index in [9.17, 15) is 9.59 Å². The summed E-state index contributed by atoms with van der Waals surface area (Å²) in [7, 11) is 0. The molecule has 0 unspecified atom stereocenters. The van der Waals surface area contributed by atoms with Gasteiger partial charge in [-0.25, -0.2) is 0 Å². The van der Waals surface area contributed by atoms with Crippen LogP contribution in [0.2, 0.25) is 0 Å². The number of anilines is 1. The zero-order valence-corrected chi connectivity index (χ0v) is 11.4. The summed E-state index contributed by atoms with van der Waals surface area (Å²) in [6, 6.07) is 6.62. The minimum absolute atomic E-state index is 0. The van der Waals surface area contributed by atoms with Crippen LogP contribution in [0.25, 0.3) is 0 Å². The molecule has 0 bridgehead atoms. The third-order valence-corrected chi connectivity index (χ3v) is 3.03. The molecule has 6 heteroatoms. The number of nitrogen functional groups attached to an aromatic ring is 1. The highest BCUT2D eigenvalue weighted by molar-refractivity contribution is 5.96. The Morgan fingerprint density at radius 2 is 1.74 bits per heavy atom. The number of rotatable bonds is 3. The molecule has 0 aliphatic carbocycles. The predicted molar refractivity (Wildman–Crippen MR) is 76.2 cm³/mol. The molecule has 0 aromatic heterocycles. The second-order valence-corrected chi connectivity index (χ2v) is 4.39. The van der Waals surface area contributed by atoms with Gasteiger partial charge >= 0.3 is 0 Å². The third kappa shape index (κ3) is 4.13. The molecule has 3 N–H and O–H groups in total. The van der Waals surface area contributed by atoms with Crippen LogP contribution in [0.3, 0.4) is 0 Å². The molecular formula is C13H18ClN3O2. The van der Waals surface area contributed by atoms with Crippen LogP contribution in [0, 0.1) is 0 Å². The van der Waals surface area contributed by atoms with Crippen LogP contribution >= 0.6 is 12.4 Å². The van der Waals surface area contributed by atoms with Gasteiger partial charge in [-0.1, -0.05) is 0 Å². The van der Waals surface area contributed by atoms with Crippen LogP contribution in [0.5, 0.6) is 0 Å². The number of likely N-dealkylation sites (tertiary alicyclic amines) is 1. The first-order valence-electron chi connectivity index (χ1n) is 6.08. The van der Waals surface area contributed by atoms with E-state index in [0.717, 1.165) is 25.9 Å². The highest BCUT2D eigenvalue weighted by Gasteiger charge is 2.18. The highest BCUT2D eigenvalue weighted by atomic mass is 35.5. The summed E-state index contributed by atoms with van der Waals surface area (Å²) >= 11 is 0. The Bertz CT molecular complexity index is 442. The lowest BCUT2D eigenvalue weighted by Gasteiger charge is -2.15. The van der Waals surface area contributed by atoms with Crippen molar-refractivity contribution in [2.75, 3.05) is 25.4 Å². The Hall–Kier alpha value is -1.75. The maximum atomic E-state index is 11.8. The minimum atomic E-state index is -0.248. The number of hydrogen-bond acceptors (Lipinski definition) is 3. The summed E-state index contributed by atoms with van der Waals surface area (Å²) in [4.78, 5) is 25.3. The van der Waals surface area contributed by atoms with Gasteiger partial charge in [-0.05, 0) is 37.1 Å². The molecule has 104 valence electrons. The van der Waals surface area contributed by atoms with Gasteiger partial charge < -0.3 is 16.0 Å². The number of halogens is 1. The van der Waals surface area contributed by atoms with Crippen LogP contribution in [0.4, 0.5) is 5.69 Å².